The zero-order chi connectivity index (χ0) is 33.8. The molecular formula is C44H42N2O3. The third kappa shape index (κ3) is 8.38. The highest BCUT2D eigenvalue weighted by atomic mass is 16.5. The summed E-state index contributed by atoms with van der Waals surface area (Å²) in [6.45, 7) is 4.69. The Balaban J connectivity index is 1.19. The molecule has 0 aliphatic rings. The number of hydrogen-bond donors (Lipinski definition) is 0. The van der Waals surface area contributed by atoms with E-state index >= 15 is 0 Å². The predicted molar refractivity (Wildman–Crippen MR) is 202 cm³/mol. The van der Waals surface area contributed by atoms with Gasteiger partial charge in [-0.15, -0.1) is 0 Å². The van der Waals surface area contributed by atoms with Gasteiger partial charge < -0.3 is 19.3 Å². The number of anilines is 6. The van der Waals surface area contributed by atoms with Crippen molar-refractivity contribution in [2.75, 3.05) is 23.0 Å². The molecule has 6 aromatic rings. The van der Waals surface area contributed by atoms with E-state index in [1.165, 1.54) is 0 Å². The summed E-state index contributed by atoms with van der Waals surface area (Å²) in [4.78, 5) is 16.5. The number of ether oxygens (including phenoxy) is 2. The number of hydrogen-bond acceptors (Lipinski definition) is 5. The van der Waals surface area contributed by atoms with Crippen molar-refractivity contribution in [2.45, 2.75) is 26.7 Å². The van der Waals surface area contributed by atoms with Gasteiger partial charge in [-0.25, -0.2) is 0 Å². The zero-order valence-electron chi connectivity index (χ0n) is 28.1. The molecule has 0 N–H and O–H groups in total. The van der Waals surface area contributed by atoms with Crippen molar-refractivity contribution in [1.82, 2.24) is 0 Å². The van der Waals surface area contributed by atoms with Gasteiger partial charge in [0, 0.05) is 46.6 Å². The first kappa shape index (κ1) is 33.1. The lowest BCUT2D eigenvalue weighted by molar-refractivity contribution is -0.148. The Morgan fingerprint density at radius 2 is 0.959 bits per heavy atom. The second kappa shape index (κ2) is 16.3. The molecule has 1 unspecified atom stereocenters. The average molecular weight is 647 g/mol. The molecule has 0 saturated heterocycles. The number of carbonyl (C=O) groups is 1. The van der Waals surface area contributed by atoms with Crippen LogP contribution in [-0.2, 0) is 9.53 Å². The van der Waals surface area contributed by atoms with Gasteiger partial charge in [-0.3, -0.25) is 4.79 Å². The van der Waals surface area contributed by atoms with Crippen LogP contribution < -0.4 is 14.5 Å². The number of esters is 1. The Morgan fingerprint density at radius 3 is 1.43 bits per heavy atom. The zero-order valence-corrected chi connectivity index (χ0v) is 28.1. The molecule has 246 valence electrons. The molecule has 0 amide bonds. The minimum atomic E-state index is -0.149. The molecule has 0 saturated carbocycles. The van der Waals surface area contributed by atoms with Gasteiger partial charge in [0.25, 0.3) is 0 Å². The van der Waals surface area contributed by atoms with E-state index < -0.39 is 0 Å². The molecule has 0 spiro atoms. The van der Waals surface area contributed by atoms with E-state index in [4.69, 9.17) is 9.47 Å². The molecule has 1 atom stereocenters. The van der Waals surface area contributed by atoms with E-state index in [-0.39, 0.29) is 11.9 Å². The van der Waals surface area contributed by atoms with Crippen LogP contribution in [0.25, 0.3) is 11.1 Å². The minimum Gasteiger partial charge on any atom is -0.493 e. The van der Waals surface area contributed by atoms with Crippen LogP contribution >= 0.6 is 0 Å². The van der Waals surface area contributed by atoms with Crippen LogP contribution in [0.1, 0.15) is 26.7 Å². The maximum absolute atomic E-state index is 12.0. The van der Waals surface area contributed by atoms with Crippen molar-refractivity contribution >= 4 is 40.1 Å². The summed E-state index contributed by atoms with van der Waals surface area (Å²) in [5, 5.41) is 0. The summed E-state index contributed by atoms with van der Waals surface area (Å²) in [6.07, 6.45) is 1.41. The highest BCUT2D eigenvalue weighted by molar-refractivity contribution is 5.81. The van der Waals surface area contributed by atoms with Crippen molar-refractivity contribution in [2.24, 2.45) is 5.92 Å². The fraction of sp³-hybridized carbons (Fsp3) is 0.159. The first-order valence-electron chi connectivity index (χ1n) is 17.0. The van der Waals surface area contributed by atoms with Gasteiger partial charge in [-0.05, 0) is 90.3 Å². The Morgan fingerprint density at radius 1 is 0.531 bits per heavy atom. The molecule has 6 rings (SSSR count). The lowest BCUT2D eigenvalue weighted by atomic mass is 10.0. The highest BCUT2D eigenvalue weighted by Gasteiger charge is 2.15. The summed E-state index contributed by atoms with van der Waals surface area (Å²) in [6, 6.07) is 56.7. The largest absolute Gasteiger partial charge is 0.493 e. The molecule has 5 heteroatoms. The Labute approximate surface area is 290 Å². The van der Waals surface area contributed by atoms with E-state index in [2.05, 4.69) is 131 Å². The molecule has 0 bridgehead atoms. The highest BCUT2D eigenvalue weighted by Crippen LogP contribution is 2.38. The lowest BCUT2D eigenvalue weighted by Gasteiger charge is -2.26. The van der Waals surface area contributed by atoms with Gasteiger partial charge in [-0.2, -0.15) is 0 Å². The average Bonchev–Trinajstić information content (AvgIpc) is 3.16. The van der Waals surface area contributed by atoms with Crippen LogP contribution in [0.2, 0.25) is 0 Å². The SMILES string of the molecule is CCC(C)C(=O)OCCCOc1cccc(N(c2ccccc2)c2ccc(-c3ccc(N(c4ccccc4)c4ccccc4)cc3)cc2)c1. The fourth-order valence-electron chi connectivity index (χ4n) is 5.67. The second-order valence-electron chi connectivity index (χ2n) is 11.9. The molecule has 0 aliphatic carbocycles. The van der Waals surface area contributed by atoms with E-state index in [9.17, 15) is 4.79 Å². The van der Waals surface area contributed by atoms with E-state index in [1.54, 1.807) is 0 Å². The number of rotatable bonds is 14. The molecule has 0 fully saturated rings. The molecule has 0 aromatic heterocycles. The normalized spacial score (nSPS) is 11.4. The first-order valence-corrected chi connectivity index (χ1v) is 17.0. The number of benzene rings is 6. The molecule has 0 radical (unpaired) electrons. The number of carbonyl (C=O) groups excluding carboxylic acids is 1. The van der Waals surface area contributed by atoms with Gasteiger partial charge in [0.1, 0.15) is 5.75 Å². The second-order valence-corrected chi connectivity index (χ2v) is 11.9. The Bertz CT molecular complexity index is 1860. The van der Waals surface area contributed by atoms with Crippen LogP contribution in [0.4, 0.5) is 34.1 Å². The smallest absolute Gasteiger partial charge is 0.308 e. The van der Waals surface area contributed by atoms with Crippen LogP contribution in [-0.4, -0.2) is 19.2 Å². The first-order chi connectivity index (χ1) is 24.1. The maximum Gasteiger partial charge on any atom is 0.308 e. The van der Waals surface area contributed by atoms with E-state index in [0.717, 1.165) is 57.4 Å². The van der Waals surface area contributed by atoms with Crippen molar-refractivity contribution in [1.29, 1.82) is 0 Å². The topological polar surface area (TPSA) is 42.0 Å². The number of nitrogens with zero attached hydrogens (tertiary/aromatic N) is 2. The quantitative estimate of drug-likeness (QED) is 0.0870. The predicted octanol–water partition coefficient (Wildman–Crippen LogP) is 11.7. The van der Waals surface area contributed by atoms with Crippen molar-refractivity contribution in [3.05, 3.63) is 164 Å². The minimum absolute atomic E-state index is 0.0769. The molecule has 5 nitrogen and oxygen atoms in total. The van der Waals surface area contributed by atoms with Crippen molar-refractivity contribution in [3.8, 4) is 16.9 Å². The molecular weight excluding hydrogens is 604 g/mol. The lowest BCUT2D eigenvalue weighted by Crippen LogP contribution is -2.15. The fourth-order valence-corrected chi connectivity index (χ4v) is 5.67. The molecule has 6 aromatic carbocycles. The standard InChI is InChI=1S/C44H42N2O3/c1-3-34(2)44(47)49-32-14-31-48-43-22-13-21-42(33-43)46(39-19-11-6-12-20-39)41-29-25-36(26-30-41)35-23-27-40(28-24-35)45(37-15-7-4-8-16-37)38-17-9-5-10-18-38/h4-13,15-30,33-34H,3,14,31-32H2,1-2H3. The molecule has 0 aliphatic heterocycles. The van der Waals surface area contributed by atoms with Gasteiger partial charge in [0.2, 0.25) is 0 Å². The van der Waals surface area contributed by atoms with Gasteiger partial charge in [0.15, 0.2) is 0 Å². The third-order valence-electron chi connectivity index (χ3n) is 8.52. The number of para-hydroxylation sites is 3. The third-order valence-corrected chi connectivity index (χ3v) is 8.52. The monoisotopic (exact) mass is 646 g/mol. The van der Waals surface area contributed by atoms with Gasteiger partial charge in [-0.1, -0.05) is 98.8 Å². The van der Waals surface area contributed by atoms with Crippen molar-refractivity contribution < 1.29 is 14.3 Å². The van der Waals surface area contributed by atoms with Crippen LogP contribution in [0, 0.1) is 5.92 Å². The summed E-state index contributed by atoms with van der Waals surface area (Å²) >= 11 is 0. The molecule has 49 heavy (non-hydrogen) atoms. The van der Waals surface area contributed by atoms with Crippen LogP contribution in [0.3, 0.4) is 0 Å². The Hall–Kier alpha value is -5.81. The van der Waals surface area contributed by atoms with E-state index in [1.807, 2.05) is 56.3 Å². The maximum atomic E-state index is 12.0. The van der Waals surface area contributed by atoms with Gasteiger partial charge >= 0.3 is 5.97 Å². The summed E-state index contributed by atoms with van der Waals surface area (Å²) < 4.78 is 11.5. The summed E-state index contributed by atoms with van der Waals surface area (Å²) in [5.74, 6) is 0.541. The van der Waals surface area contributed by atoms with E-state index in [0.29, 0.717) is 19.6 Å². The van der Waals surface area contributed by atoms with Crippen molar-refractivity contribution in [3.63, 3.8) is 0 Å². The van der Waals surface area contributed by atoms with Crippen LogP contribution in [0.5, 0.6) is 5.75 Å². The summed E-state index contributed by atoms with van der Waals surface area (Å²) in [7, 11) is 0. The Kier molecular flexibility index (Phi) is 11.0. The molecule has 0 heterocycles. The van der Waals surface area contributed by atoms with Gasteiger partial charge in [0.05, 0.1) is 19.1 Å². The summed E-state index contributed by atoms with van der Waals surface area (Å²) in [5.41, 5.74) is 8.70. The van der Waals surface area contributed by atoms with Crippen LogP contribution in [0.15, 0.2) is 164 Å².